The van der Waals surface area contributed by atoms with Crippen molar-refractivity contribution < 1.29 is 9.53 Å². The van der Waals surface area contributed by atoms with Crippen molar-refractivity contribution in [1.29, 1.82) is 0 Å². The second-order valence-corrected chi connectivity index (χ2v) is 4.46. The van der Waals surface area contributed by atoms with Crippen molar-refractivity contribution in [3.8, 4) is 0 Å². The van der Waals surface area contributed by atoms with Gasteiger partial charge in [0.15, 0.2) is 0 Å². The highest BCUT2D eigenvalue weighted by atomic mass is 16.5. The van der Waals surface area contributed by atoms with E-state index < -0.39 is 0 Å². The molecule has 0 N–H and O–H groups in total. The van der Waals surface area contributed by atoms with Crippen LogP contribution in [-0.2, 0) is 9.53 Å². The summed E-state index contributed by atoms with van der Waals surface area (Å²) in [6.07, 6.45) is 4.08. The van der Waals surface area contributed by atoms with E-state index in [1.807, 2.05) is 0 Å². The maximum absolute atomic E-state index is 11.3. The van der Waals surface area contributed by atoms with Gasteiger partial charge in [-0.3, -0.25) is 0 Å². The first kappa shape index (κ1) is 12.7. The minimum atomic E-state index is -0.135. The standard InChI is InChI=1S/C12H23NO2/c1-3-7-13(4-2)10-12(11-14)5-8-15-9-6-12/h11H,3-10H2,1-2H3. The Hall–Kier alpha value is -0.410. The van der Waals surface area contributed by atoms with Crippen molar-refractivity contribution in [2.75, 3.05) is 32.8 Å². The molecular weight excluding hydrogens is 190 g/mol. The van der Waals surface area contributed by atoms with Crippen LogP contribution in [0.1, 0.15) is 33.1 Å². The summed E-state index contributed by atoms with van der Waals surface area (Å²) in [5, 5.41) is 0. The molecule has 0 aromatic rings. The molecule has 1 fully saturated rings. The third-order valence-electron chi connectivity index (χ3n) is 3.26. The van der Waals surface area contributed by atoms with Gasteiger partial charge in [0.05, 0.1) is 0 Å². The van der Waals surface area contributed by atoms with Gasteiger partial charge < -0.3 is 14.4 Å². The first-order valence-electron chi connectivity index (χ1n) is 6.03. The molecule has 1 aliphatic rings. The van der Waals surface area contributed by atoms with E-state index in [-0.39, 0.29) is 5.41 Å². The molecule has 15 heavy (non-hydrogen) atoms. The first-order chi connectivity index (χ1) is 7.26. The summed E-state index contributed by atoms with van der Waals surface area (Å²) >= 11 is 0. The molecule has 0 radical (unpaired) electrons. The van der Waals surface area contributed by atoms with Crippen LogP contribution >= 0.6 is 0 Å². The largest absolute Gasteiger partial charge is 0.381 e. The summed E-state index contributed by atoms with van der Waals surface area (Å²) in [7, 11) is 0. The molecule has 3 nitrogen and oxygen atoms in total. The van der Waals surface area contributed by atoms with E-state index in [4.69, 9.17) is 4.74 Å². The summed E-state index contributed by atoms with van der Waals surface area (Å²) < 4.78 is 5.32. The van der Waals surface area contributed by atoms with E-state index in [0.717, 1.165) is 58.4 Å². The molecule has 1 rings (SSSR count). The third kappa shape index (κ3) is 3.58. The Balaban J connectivity index is 2.52. The van der Waals surface area contributed by atoms with Crippen LogP contribution in [0.15, 0.2) is 0 Å². The Labute approximate surface area is 92.8 Å². The minimum Gasteiger partial charge on any atom is -0.381 e. The van der Waals surface area contributed by atoms with E-state index >= 15 is 0 Å². The van der Waals surface area contributed by atoms with Gasteiger partial charge in [0.1, 0.15) is 6.29 Å². The van der Waals surface area contributed by atoms with E-state index in [1.54, 1.807) is 0 Å². The van der Waals surface area contributed by atoms with Gasteiger partial charge in [-0.05, 0) is 32.4 Å². The highest BCUT2D eigenvalue weighted by Gasteiger charge is 2.33. The molecule has 0 aromatic heterocycles. The van der Waals surface area contributed by atoms with Crippen molar-refractivity contribution in [2.24, 2.45) is 5.41 Å². The number of aldehydes is 1. The van der Waals surface area contributed by atoms with Crippen molar-refractivity contribution in [2.45, 2.75) is 33.1 Å². The Morgan fingerprint density at radius 1 is 1.33 bits per heavy atom. The lowest BCUT2D eigenvalue weighted by molar-refractivity contribution is -0.123. The van der Waals surface area contributed by atoms with E-state index in [0.29, 0.717) is 0 Å². The van der Waals surface area contributed by atoms with Gasteiger partial charge in [0, 0.05) is 25.2 Å². The number of carbonyl (C=O) groups is 1. The predicted octanol–water partition coefficient (Wildman–Crippen LogP) is 1.71. The minimum absolute atomic E-state index is 0.135. The highest BCUT2D eigenvalue weighted by molar-refractivity contribution is 5.60. The number of nitrogens with zero attached hydrogens (tertiary/aromatic N) is 1. The smallest absolute Gasteiger partial charge is 0.127 e. The zero-order valence-electron chi connectivity index (χ0n) is 10.00. The van der Waals surface area contributed by atoms with Crippen LogP contribution in [0.4, 0.5) is 0 Å². The summed E-state index contributed by atoms with van der Waals surface area (Å²) in [5.74, 6) is 0. The Morgan fingerprint density at radius 3 is 2.47 bits per heavy atom. The third-order valence-corrected chi connectivity index (χ3v) is 3.26. The van der Waals surface area contributed by atoms with Crippen LogP contribution in [-0.4, -0.2) is 44.0 Å². The van der Waals surface area contributed by atoms with Gasteiger partial charge in [-0.1, -0.05) is 13.8 Å². The van der Waals surface area contributed by atoms with Gasteiger partial charge in [-0.15, -0.1) is 0 Å². The molecule has 1 aliphatic heterocycles. The van der Waals surface area contributed by atoms with Gasteiger partial charge >= 0.3 is 0 Å². The van der Waals surface area contributed by atoms with Gasteiger partial charge in [-0.2, -0.15) is 0 Å². The molecule has 0 spiro atoms. The molecule has 0 unspecified atom stereocenters. The molecule has 0 aromatic carbocycles. The highest BCUT2D eigenvalue weighted by Crippen LogP contribution is 2.29. The van der Waals surface area contributed by atoms with Crippen LogP contribution in [0.2, 0.25) is 0 Å². The lowest BCUT2D eigenvalue weighted by atomic mass is 9.81. The average molecular weight is 213 g/mol. The molecule has 0 saturated carbocycles. The number of ether oxygens (including phenoxy) is 1. The molecule has 0 aliphatic carbocycles. The van der Waals surface area contributed by atoms with Gasteiger partial charge in [-0.25, -0.2) is 0 Å². The second kappa shape index (κ2) is 6.23. The number of carbonyl (C=O) groups excluding carboxylic acids is 1. The fraction of sp³-hybridized carbons (Fsp3) is 0.917. The summed E-state index contributed by atoms with van der Waals surface area (Å²) in [6, 6.07) is 0. The predicted molar refractivity (Wildman–Crippen MR) is 61.0 cm³/mol. The van der Waals surface area contributed by atoms with Gasteiger partial charge in [0.25, 0.3) is 0 Å². The van der Waals surface area contributed by atoms with Crippen molar-refractivity contribution in [3.05, 3.63) is 0 Å². The van der Waals surface area contributed by atoms with Crippen molar-refractivity contribution in [3.63, 3.8) is 0 Å². The average Bonchev–Trinajstić information content (AvgIpc) is 2.30. The number of hydrogen-bond acceptors (Lipinski definition) is 3. The summed E-state index contributed by atoms with van der Waals surface area (Å²) in [4.78, 5) is 13.6. The van der Waals surface area contributed by atoms with Crippen LogP contribution in [0, 0.1) is 5.41 Å². The zero-order chi connectivity index (χ0) is 11.1. The fourth-order valence-corrected chi connectivity index (χ4v) is 2.20. The van der Waals surface area contributed by atoms with E-state index in [1.165, 1.54) is 0 Å². The quantitative estimate of drug-likeness (QED) is 0.629. The van der Waals surface area contributed by atoms with Crippen LogP contribution in [0.3, 0.4) is 0 Å². The van der Waals surface area contributed by atoms with Crippen LogP contribution in [0.25, 0.3) is 0 Å². The zero-order valence-corrected chi connectivity index (χ0v) is 10.00. The SMILES string of the molecule is CCCN(CC)CC1(C=O)CCOCC1. The van der Waals surface area contributed by atoms with Crippen LogP contribution < -0.4 is 0 Å². The van der Waals surface area contributed by atoms with Crippen molar-refractivity contribution in [1.82, 2.24) is 4.90 Å². The summed E-state index contributed by atoms with van der Waals surface area (Å²) in [5.41, 5.74) is -0.135. The molecule has 88 valence electrons. The molecule has 0 amide bonds. The lowest BCUT2D eigenvalue weighted by Crippen LogP contribution is -2.42. The molecule has 1 heterocycles. The number of hydrogen-bond donors (Lipinski definition) is 0. The Kier molecular flexibility index (Phi) is 5.26. The van der Waals surface area contributed by atoms with E-state index in [2.05, 4.69) is 18.7 Å². The molecule has 0 atom stereocenters. The lowest BCUT2D eigenvalue weighted by Gasteiger charge is -2.36. The van der Waals surface area contributed by atoms with Crippen molar-refractivity contribution >= 4 is 6.29 Å². The Bertz CT molecular complexity index is 188. The molecule has 0 bridgehead atoms. The number of rotatable bonds is 6. The molecular formula is C12H23NO2. The maximum atomic E-state index is 11.3. The van der Waals surface area contributed by atoms with Gasteiger partial charge in [0.2, 0.25) is 0 Å². The monoisotopic (exact) mass is 213 g/mol. The van der Waals surface area contributed by atoms with Crippen LogP contribution in [0.5, 0.6) is 0 Å². The summed E-state index contributed by atoms with van der Waals surface area (Å²) in [6.45, 7) is 8.85. The normalized spacial score (nSPS) is 20.5. The Morgan fingerprint density at radius 2 is 2.00 bits per heavy atom. The molecule has 1 saturated heterocycles. The fourth-order valence-electron chi connectivity index (χ4n) is 2.20. The van der Waals surface area contributed by atoms with E-state index in [9.17, 15) is 4.79 Å². The molecule has 3 heteroatoms. The maximum Gasteiger partial charge on any atom is 0.127 e. The topological polar surface area (TPSA) is 29.5 Å². The first-order valence-corrected chi connectivity index (χ1v) is 6.03. The second-order valence-electron chi connectivity index (χ2n) is 4.46.